The molecule has 0 aliphatic rings. The lowest BCUT2D eigenvalue weighted by atomic mass is 10.4. The maximum atomic E-state index is 6.09. The van der Waals surface area contributed by atoms with Crippen LogP contribution in [0.25, 0.3) is 0 Å². The molecule has 0 spiro atoms. The summed E-state index contributed by atoms with van der Waals surface area (Å²) >= 11 is 0. The summed E-state index contributed by atoms with van der Waals surface area (Å²) in [5.41, 5.74) is 0. The monoisotopic (exact) mass is 250 g/mol. The second-order valence-corrected chi connectivity index (χ2v) is 6.96. The maximum absolute atomic E-state index is 6.09. The van der Waals surface area contributed by atoms with E-state index in [0.29, 0.717) is 6.61 Å². The van der Waals surface area contributed by atoms with E-state index in [9.17, 15) is 0 Å². The van der Waals surface area contributed by atoms with Crippen molar-refractivity contribution < 1.29 is 8.85 Å². The first-order valence-electron chi connectivity index (χ1n) is 6.23. The zero-order valence-electron chi connectivity index (χ0n) is 10.8. The Kier molecular flexibility index (Phi) is 6.19. The lowest BCUT2D eigenvalue weighted by Crippen LogP contribution is -2.53. The topological polar surface area (TPSA) is 18.5 Å². The van der Waals surface area contributed by atoms with Gasteiger partial charge >= 0.3 is 8.56 Å². The minimum absolute atomic E-state index is 0.679. The van der Waals surface area contributed by atoms with Crippen LogP contribution in [-0.2, 0) is 8.85 Å². The predicted molar refractivity (Wildman–Crippen MR) is 74.7 cm³/mol. The lowest BCUT2D eigenvalue weighted by molar-refractivity contribution is 0.190. The molecule has 0 heterocycles. The molecule has 1 rings (SSSR count). The van der Waals surface area contributed by atoms with E-state index >= 15 is 0 Å². The molecule has 0 radical (unpaired) electrons. The van der Waals surface area contributed by atoms with Crippen LogP contribution in [0.15, 0.2) is 43.0 Å². The molecule has 17 heavy (non-hydrogen) atoms. The largest absolute Gasteiger partial charge is 0.391 e. The van der Waals surface area contributed by atoms with Gasteiger partial charge in [-0.15, -0.1) is 6.58 Å². The van der Waals surface area contributed by atoms with Gasteiger partial charge in [-0.3, -0.25) is 0 Å². The summed E-state index contributed by atoms with van der Waals surface area (Å²) in [5.74, 6) is 0. The third kappa shape index (κ3) is 3.80. The number of rotatable bonds is 8. The highest BCUT2D eigenvalue weighted by Crippen LogP contribution is 2.15. The Morgan fingerprint density at radius 1 is 1.18 bits per heavy atom. The van der Waals surface area contributed by atoms with Gasteiger partial charge < -0.3 is 8.85 Å². The third-order valence-electron chi connectivity index (χ3n) is 2.54. The van der Waals surface area contributed by atoms with E-state index in [-0.39, 0.29) is 0 Å². The van der Waals surface area contributed by atoms with Crippen molar-refractivity contribution in [2.24, 2.45) is 0 Å². The molecule has 2 nitrogen and oxygen atoms in total. The number of benzene rings is 1. The molecule has 0 aliphatic heterocycles. The highest BCUT2D eigenvalue weighted by molar-refractivity contribution is 6.81. The summed E-state index contributed by atoms with van der Waals surface area (Å²) in [7, 11) is -2.31. The van der Waals surface area contributed by atoms with Gasteiger partial charge in [0.2, 0.25) is 0 Å². The van der Waals surface area contributed by atoms with Gasteiger partial charge in [0.25, 0.3) is 0 Å². The van der Waals surface area contributed by atoms with Crippen molar-refractivity contribution >= 4 is 13.7 Å². The summed E-state index contributed by atoms with van der Waals surface area (Å²) < 4.78 is 12.1. The molecule has 1 aromatic carbocycles. The van der Waals surface area contributed by atoms with Gasteiger partial charge in [-0.25, -0.2) is 0 Å². The highest BCUT2D eigenvalue weighted by Gasteiger charge is 2.38. The second-order valence-electron chi connectivity index (χ2n) is 3.89. The fourth-order valence-corrected chi connectivity index (χ4v) is 4.79. The van der Waals surface area contributed by atoms with Crippen LogP contribution in [0.5, 0.6) is 0 Å². The first kappa shape index (κ1) is 14.2. The molecule has 0 aromatic heterocycles. The molecular formula is C14H22O2Si. The van der Waals surface area contributed by atoms with Crippen molar-refractivity contribution in [3.8, 4) is 0 Å². The molecule has 1 unspecified atom stereocenters. The quantitative estimate of drug-likeness (QED) is 0.521. The van der Waals surface area contributed by atoms with Gasteiger partial charge in [0.15, 0.2) is 0 Å². The Hall–Kier alpha value is -0.903. The Balaban J connectivity index is 2.99. The van der Waals surface area contributed by atoms with Gasteiger partial charge in [0.1, 0.15) is 0 Å². The summed E-state index contributed by atoms with van der Waals surface area (Å²) in [5, 5.41) is 1.19. The molecule has 0 amide bonds. The van der Waals surface area contributed by atoms with Crippen LogP contribution >= 0.6 is 0 Å². The average Bonchev–Trinajstić information content (AvgIpc) is 2.37. The fraction of sp³-hybridized carbons (Fsp3) is 0.429. The molecule has 1 aromatic rings. The van der Waals surface area contributed by atoms with E-state index in [2.05, 4.69) is 25.6 Å². The first-order chi connectivity index (χ1) is 8.29. The van der Waals surface area contributed by atoms with Crippen LogP contribution in [0.4, 0.5) is 0 Å². The van der Waals surface area contributed by atoms with Gasteiger partial charge in [-0.1, -0.05) is 43.3 Å². The van der Waals surface area contributed by atoms with Crippen LogP contribution in [-0.4, -0.2) is 21.8 Å². The van der Waals surface area contributed by atoms with E-state index < -0.39 is 8.56 Å². The number of hydrogen-bond donors (Lipinski definition) is 0. The van der Waals surface area contributed by atoms with Crippen molar-refractivity contribution in [1.82, 2.24) is 0 Å². The van der Waals surface area contributed by atoms with Crippen molar-refractivity contribution in [3.63, 3.8) is 0 Å². The van der Waals surface area contributed by atoms with Gasteiger partial charge in [0, 0.05) is 19.3 Å². The summed E-state index contributed by atoms with van der Waals surface area (Å²) in [6.07, 6.45) is 2.91. The minimum Gasteiger partial charge on any atom is -0.391 e. The number of allylic oxidation sites excluding steroid dienone is 1. The van der Waals surface area contributed by atoms with E-state index in [0.717, 1.165) is 19.1 Å². The summed E-state index contributed by atoms with van der Waals surface area (Å²) in [6, 6.07) is 11.1. The Bertz CT molecular complexity index is 326. The second kappa shape index (κ2) is 7.43. The van der Waals surface area contributed by atoms with Crippen molar-refractivity contribution in [2.45, 2.75) is 26.3 Å². The molecule has 94 valence electrons. The molecule has 0 fully saturated rings. The molecule has 1 atom stereocenters. The van der Waals surface area contributed by atoms with E-state index in [4.69, 9.17) is 8.85 Å². The van der Waals surface area contributed by atoms with Gasteiger partial charge in [0.05, 0.1) is 0 Å². The normalized spacial score (nSPS) is 14.2. The van der Waals surface area contributed by atoms with Crippen LogP contribution in [0.1, 0.15) is 20.3 Å². The van der Waals surface area contributed by atoms with Crippen molar-refractivity contribution in [1.29, 1.82) is 0 Å². The fourth-order valence-electron chi connectivity index (χ4n) is 1.83. The standard InChI is InChI=1S/C14H22O2Si/c1-4-12-16-17(13-5-2,15-6-3)14-10-8-7-9-11-14/h5,7-11H,2,4,6,12-13H2,1,3H3. The molecule has 0 saturated heterocycles. The highest BCUT2D eigenvalue weighted by atomic mass is 28.4. The molecular weight excluding hydrogens is 228 g/mol. The number of hydrogen-bond acceptors (Lipinski definition) is 2. The average molecular weight is 250 g/mol. The predicted octanol–water partition coefficient (Wildman–Crippen LogP) is 2.98. The lowest BCUT2D eigenvalue weighted by Gasteiger charge is -2.29. The third-order valence-corrected chi connectivity index (χ3v) is 6.01. The molecule has 0 saturated carbocycles. The van der Waals surface area contributed by atoms with Crippen molar-refractivity contribution in [3.05, 3.63) is 43.0 Å². The van der Waals surface area contributed by atoms with E-state index in [1.54, 1.807) is 0 Å². The Morgan fingerprint density at radius 2 is 1.88 bits per heavy atom. The van der Waals surface area contributed by atoms with Crippen molar-refractivity contribution in [2.75, 3.05) is 13.2 Å². The first-order valence-corrected chi connectivity index (χ1v) is 8.25. The summed E-state index contributed by atoms with van der Waals surface area (Å²) in [6.45, 7) is 9.39. The Labute approximate surface area is 106 Å². The molecule has 0 bridgehead atoms. The zero-order valence-corrected chi connectivity index (χ0v) is 11.8. The van der Waals surface area contributed by atoms with E-state index in [1.165, 1.54) is 5.19 Å². The maximum Gasteiger partial charge on any atom is 0.376 e. The zero-order chi connectivity index (χ0) is 12.6. The molecule has 0 N–H and O–H groups in total. The smallest absolute Gasteiger partial charge is 0.376 e. The minimum atomic E-state index is -2.31. The summed E-state index contributed by atoms with van der Waals surface area (Å²) in [4.78, 5) is 0. The van der Waals surface area contributed by atoms with Crippen LogP contribution < -0.4 is 5.19 Å². The van der Waals surface area contributed by atoms with Crippen LogP contribution in [0, 0.1) is 0 Å². The van der Waals surface area contributed by atoms with E-state index in [1.807, 2.05) is 31.2 Å². The molecule has 0 aliphatic carbocycles. The van der Waals surface area contributed by atoms with Crippen LogP contribution in [0.3, 0.4) is 0 Å². The SMILES string of the molecule is C=CC[Si](OCC)(OCCC)c1ccccc1. The van der Waals surface area contributed by atoms with Crippen LogP contribution in [0.2, 0.25) is 6.04 Å². The molecule has 3 heteroatoms. The van der Waals surface area contributed by atoms with Gasteiger partial charge in [-0.05, 0) is 18.5 Å². The van der Waals surface area contributed by atoms with Gasteiger partial charge in [-0.2, -0.15) is 0 Å². The Morgan fingerprint density at radius 3 is 2.41 bits per heavy atom.